The first-order valence-corrected chi connectivity index (χ1v) is 9.55. The van der Waals surface area contributed by atoms with Crippen LogP contribution in [0, 0.1) is 6.92 Å². The Kier molecular flexibility index (Phi) is 7.47. The molecule has 0 aliphatic carbocycles. The summed E-state index contributed by atoms with van der Waals surface area (Å²) in [6.07, 6.45) is 0.167. The molecule has 0 aliphatic heterocycles. The van der Waals surface area contributed by atoms with Crippen LogP contribution in [0.25, 0.3) is 0 Å². The summed E-state index contributed by atoms with van der Waals surface area (Å²) in [6, 6.07) is 10.9. The highest BCUT2D eigenvalue weighted by atomic mass is 32.1. The van der Waals surface area contributed by atoms with Gasteiger partial charge >= 0.3 is 6.03 Å². The van der Waals surface area contributed by atoms with Crippen LogP contribution in [-0.2, 0) is 4.79 Å². The Hall–Kier alpha value is -2.54. The van der Waals surface area contributed by atoms with Crippen molar-refractivity contribution in [1.29, 1.82) is 0 Å². The first-order chi connectivity index (χ1) is 12.5. The van der Waals surface area contributed by atoms with E-state index in [1.54, 1.807) is 0 Å². The lowest BCUT2D eigenvalue weighted by Gasteiger charge is -2.25. The number of primary amides is 1. The smallest absolute Gasteiger partial charge is 0.312 e. The molecule has 1 aromatic heterocycles. The van der Waals surface area contributed by atoms with Gasteiger partial charge in [-0.25, -0.2) is 4.79 Å². The van der Waals surface area contributed by atoms with E-state index in [1.807, 2.05) is 29.6 Å². The molecule has 140 valence electrons. The molecular weight excluding hydrogens is 348 g/mol. The standard InChI is InChI=1S/C19H26N4O2S/c1-3-23(16-8-5-4-7-14(16)2)11-10-21-18(24)13-15(22-19(20)25)17-9-6-12-26-17/h4-9,12,15H,3,10-11,13H2,1-2H3,(H,21,24)(H3,20,22,25). The van der Waals surface area contributed by atoms with Crippen LogP contribution in [0.5, 0.6) is 0 Å². The van der Waals surface area contributed by atoms with E-state index in [-0.39, 0.29) is 12.3 Å². The van der Waals surface area contributed by atoms with E-state index < -0.39 is 12.1 Å². The van der Waals surface area contributed by atoms with Gasteiger partial charge < -0.3 is 21.3 Å². The van der Waals surface area contributed by atoms with E-state index >= 15 is 0 Å². The second kappa shape index (κ2) is 9.82. The van der Waals surface area contributed by atoms with Gasteiger partial charge in [0.2, 0.25) is 5.91 Å². The molecule has 3 amide bonds. The molecule has 0 radical (unpaired) electrons. The van der Waals surface area contributed by atoms with Gasteiger partial charge in [-0.1, -0.05) is 24.3 Å². The fraction of sp³-hybridized carbons (Fsp3) is 0.368. The molecule has 1 unspecified atom stereocenters. The Morgan fingerprint density at radius 1 is 1.23 bits per heavy atom. The van der Waals surface area contributed by atoms with Crippen molar-refractivity contribution in [3.8, 4) is 0 Å². The number of amides is 3. The van der Waals surface area contributed by atoms with Gasteiger partial charge in [0, 0.05) is 30.2 Å². The summed E-state index contributed by atoms with van der Waals surface area (Å²) in [7, 11) is 0. The number of likely N-dealkylation sites (N-methyl/N-ethyl adjacent to an activating group) is 1. The number of carbonyl (C=O) groups excluding carboxylic acids is 2. The zero-order chi connectivity index (χ0) is 18.9. The van der Waals surface area contributed by atoms with Gasteiger partial charge in [-0.3, -0.25) is 4.79 Å². The lowest BCUT2D eigenvalue weighted by atomic mass is 10.1. The number of urea groups is 1. The minimum absolute atomic E-state index is 0.113. The molecule has 1 aromatic carbocycles. The average Bonchev–Trinajstić information content (AvgIpc) is 3.13. The number of carbonyl (C=O) groups is 2. The van der Waals surface area contributed by atoms with E-state index in [0.29, 0.717) is 6.54 Å². The fourth-order valence-corrected chi connectivity index (χ4v) is 3.62. The van der Waals surface area contributed by atoms with Crippen molar-refractivity contribution in [2.24, 2.45) is 5.73 Å². The molecule has 1 heterocycles. The maximum Gasteiger partial charge on any atom is 0.312 e. The third-order valence-electron chi connectivity index (χ3n) is 4.13. The van der Waals surface area contributed by atoms with Crippen LogP contribution in [-0.4, -0.2) is 31.6 Å². The summed E-state index contributed by atoms with van der Waals surface area (Å²) in [5, 5.41) is 7.48. The molecule has 2 aromatic rings. The van der Waals surface area contributed by atoms with Gasteiger partial charge in [0.05, 0.1) is 12.5 Å². The van der Waals surface area contributed by atoms with Gasteiger partial charge in [0.1, 0.15) is 0 Å². The molecule has 4 N–H and O–H groups in total. The fourth-order valence-electron chi connectivity index (χ4n) is 2.84. The van der Waals surface area contributed by atoms with Gasteiger partial charge in [0.25, 0.3) is 0 Å². The highest BCUT2D eigenvalue weighted by Gasteiger charge is 2.18. The number of thiophene rings is 1. The SMILES string of the molecule is CCN(CCNC(=O)CC(NC(N)=O)c1cccs1)c1ccccc1C. The minimum Gasteiger partial charge on any atom is -0.370 e. The topological polar surface area (TPSA) is 87.5 Å². The van der Waals surface area contributed by atoms with E-state index in [0.717, 1.165) is 18.0 Å². The van der Waals surface area contributed by atoms with E-state index in [4.69, 9.17) is 5.73 Å². The third-order valence-corrected chi connectivity index (χ3v) is 5.12. The number of aryl methyl sites for hydroxylation is 1. The van der Waals surface area contributed by atoms with Crippen molar-refractivity contribution in [3.63, 3.8) is 0 Å². The molecule has 1 atom stereocenters. The monoisotopic (exact) mass is 374 g/mol. The Labute approximate surface area is 158 Å². The van der Waals surface area contributed by atoms with E-state index in [2.05, 4.69) is 41.5 Å². The minimum atomic E-state index is -0.632. The molecule has 0 spiro atoms. The average molecular weight is 375 g/mol. The Bertz CT molecular complexity index is 718. The van der Waals surface area contributed by atoms with Crippen molar-refractivity contribution in [1.82, 2.24) is 10.6 Å². The highest BCUT2D eigenvalue weighted by molar-refractivity contribution is 7.10. The van der Waals surface area contributed by atoms with Crippen molar-refractivity contribution < 1.29 is 9.59 Å². The summed E-state index contributed by atoms with van der Waals surface area (Å²) in [4.78, 5) is 26.6. The Morgan fingerprint density at radius 3 is 2.62 bits per heavy atom. The molecule has 0 bridgehead atoms. The Balaban J connectivity index is 1.87. The number of hydrogen-bond donors (Lipinski definition) is 3. The van der Waals surface area contributed by atoms with E-state index in [1.165, 1.54) is 22.6 Å². The predicted octanol–water partition coefficient (Wildman–Crippen LogP) is 2.80. The second-order valence-corrected chi connectivity index (χ2v) is 6.98. The zero-order valence-electron chi connectivity index (χ0n) is 15.2. The van der Waals surface area contributed by atoms with Crippen molar-refractivity contribution in [2.75, 3.05) is 24.5 Å². The normalized spacial score (nSPS) is 11.6. The summed E-state index contributed by atoms with van der Waals surface area (Å²) < 4.78 is 0. The molecule has 0 fully saturated rings. The first kappa shape index (κ1) is 19.8. The highest BCUT2D eigenvalue weighted by Crippen LogP contribution is 2.22. The third kappa shape index (κ3) is 5.77. The molecule has 2 rings (SSSR count). The summed E-state index contributed by atoms with van der Waals surface area (Å²) in [5.41, 5.74) is 7.62. The number of benzene rings is 1. The van der Waals surface area contributed by atoms with Crippen LogP contribution in [0.15, 0.2) is 41.8 Å². The molecule has 0 aliphatic rings. The van der Waals surface area contributed by atoms with Crippen LogP contribution in [0.2, 0.25) is 0 Å². The largest absolute Gasteiger partial charge is 0.370 e. The summed E-state index contributed by atoms with van der Waals surface area (Å²) in [5.74, 6) is -0.113. The van der Waals surface area contributed by atoms with Crippen molar-refractivity contribution in [2.45, 2.75) is 26.3 Å². The molecular formula is C19H26N4O2S. The molecule has 0 saturated heterocycles. The number of para-hydroxylation sites is 1. The van der Waals surface area contributed by atoms with Gasteiger partial charge in [-0.2, -0.15) is 0 Å². The van der Waals surface area contributed by atoms with Crippen molar-refractivity contribution in [3.05, 3.63) is 52.2 Å². The maximum atomic E-state index is 12.3. The van der Waals surface area contributed by atoms with Crippen LogP contribution in [0.3, 0.4) is 0 Å². The lowest BCUT2D eigenvalue weighted by molar-refractivity contribution is -0.121. The van der Waals surface area contributed by atoms with Crippen molar-refractivity contribution >= 4 is 29.0 Å². The van der Waals surface area contributed by atoms with Gasteiger partial charge in [-0.15, -0.1) is 11.3 Å². The first-order valence-electron chi connectivity index (χ1n) is 8.68. The van der Waals surface area contributed by atoms with Crippen LogP contribution >= 0.6 is 11.3 Å². The van der Waals surface area contributed by atoms with E-state index in [9.17, 15) is 9.59 Å². The maximum absolute atomic E-state index is 12.3. The molecule has 26 heavy (non-hydrogen) atoms. The molecule has 6 nitrogen and oxygen atoms in total. The second-order valence-electron chi connectivity index (χ2n) is 6.00. The number of nitrogens with zero attached hydrogens (tertiary/aromatic N) is 1. The Morgan fingerprint density at radius 2 is 2.00 bits per heavy atom. The van der Waals surface area contributed by atoms with Crippen LogP contribution < -0.4 is 21.3 Å². The number of hydrogen-bond acceptors (Lipinski definition) is 4. The van der Waals surface area contributed by atoms with Crippen LogP contribution in [0.4, 0.5) is 10.5 Å². The quantitative estimate of drug-likeness (QED) is 0.631. The van der Waals surface area contributed by atoms with Gasteiger partial charge in [-0.05, 0) is 36.9 Å². The number of nitrogens with one attached hydrogen (secondary N) is 2. The predicted molar refractivity (Wildman–Crippen MR) is 106 cm³/mol. The summed E-state index contributed by atoms with van der Waals surface area (Å²) in [6.45, 7) is 6.30. The molecule has 7 heteroatoms. The molecule has 0 saturated carbocycles. The zero-order valence-corrected chi connectivity index (χ0v) is 16.0. The summed E-state index contributed by atoms with van der Waals surface area (Å²) >= 11 is 1.49. The van der Waals surface area contributed by atoms with Gasteiger partial charge in [0.15, 0.2) is 0 Å². The number of anilines is 1. The lowest BCUT2D eigenvalue weighted by Crippen LogP contribution is -2.39. The number of rotatable bonds is 9. The van der Waals surface area contributed by atoms with Crippen LogP contribution in [0.1, 0.15) is 29.8 Å². The number of nitrogens with two attached hydrogens (primary N) is 1.